The van der Waals surface area contributed by atoms with Gasteiger partial charge in [-0.15, -0.1) is 0 Å². The summed E-state index contributed by atoms with van der Waals surface area (Å²) in [6, 6.07) is 0. The molecule has 1 aliphatic rings. The molecule has 1 fully saturated rings. The molecule has 0 aromatic rings. The highest BCUT2D eigenvalue weighted by atomic mass is 16.5. The number of esters is 1. The predicted octanol–water partition coefficient (Wildman–Crippen LogP) is 5.84. The van der Waals surface area contributed by atoms with E-state index in [4.69, 9.17) is 9.84 Å². The van der Waals surface area contributed by atoms with E-state index in [0.29, 0.717) is 11.3 Å². The summed E-state index contributed by atoms with van der Waals surface area (Å²) in [5.41, 5.74) is 4.36. The van der Waals surface area contributed by atoms with Crippen LogP contribution in [0, 0.1) is 11.3 Å². The number of carbonyl (C=O) groups excluding carboxylic acids is 1. The molecule has 0 saturated heterocycles. The highest BCUT2D eigenvalue weighted by Gasteiger charge is 2.33. The summed E-state index contributed by atoms with van der Waals surface area (Å²) in [6.07, 6.45) is 11.5. The molecule has 0 bridgehead atoms. The monoisotopic (exact) mass is 376 g/mol. The highest BCUT2D eigenvalue weighted by molar-refractivity contribution is 5.90. The van der Waals surface area contributed by atoms with Crippen LogP contribution in [0.1, 0.15) is 79.1 Å². The van der Waals surface area contributed by atoms with Crippen molar-refractivity contribution >= 4 is 11.9 Å². The van der Waals surface area contributed by atoms with Crippen LogP contribution in [0.25, 0.3) is 0 Å². The number of hydrogen-bond acceptors (Lipinski definition) is 3. The molecular weight excluding hydrogens is 340 g/mol. The molecule has 1 aliphatic carbocycles. The van der Waals surface area contributed by atoms with Gasteiger partial charge in [0, 0.05) is 0 Å². The van der Waals surface area contributed by atoms with Crippen LogP contribution in [0.3, 0.4) is 0 Å². The molecular formula is C23H36O4. The van der Waals surface area contributed by atoms with Gasteiger partial charge in [0.25, 0.3) is 0 Å². The molecule has 1 rings (SSSR count). The smallest absolute Gasteiger partial charge is 0.317 e. The van der Waals surface area contributed by atoms with Gasteiger partial charge in [-0.3, -0.25) is 9.59 Å². The van der Waals surface area contributed by atoms with Crippen LogP contribution in [0.15, 0.2) is 35.5 Å². The third-order valence-electron chi connectivity index (χ3n) is 5.59. The van der Waals surface area contributed by atoms with Crippen molar-refractivity contribution in [3.63, 3.8) is 0 Å². The van der Waals surface area contributed by atoms with E-state index in [2.05, 4.69) is 33.4 Å². The zero-order chi connectivity index (χ0) is 20.4. The third-order valence-corrected chi connectivity index (χ3v) is 5.59. The molecule has 4 nitrogen and oxygen atoms in total. The second-order valence-electron chi connectivity index (χ2n) is 8.48. The summed E-state index contributed by atoms with van der Waals surface area (Å²) >= 11 is 0. The molecule has 0 amide bonds. The highest BCUT2D eigenvalue weighted by Crippen LogP contribution is 2.45. The quantitative estimate of drug-likeness (QED) is 0.295. The lowest BCUT2D eigenvalue weighted by atomic mass is 9.65. The fraction of sp³-hybridized carbons (Fsp3) is 0.652. The first kappa shape index (κ1) is 23.2. The Morgan fingerprint density at radius 2 is 1.89 bits per heavy atom. The van der Waals surface area contributed by atoms with Crippen molar-refractivity contribution < 1.29 is 19.4 Å². The Morgan fingerprint density at radius 1 is 1.22 bits per heavy atom. The van der Waals surface area contributed by atoms with Crippen LogP contribution < -0.4 is 0 Å². The van der Waals surface area contributed by atoms with Crippen LogP contribution in [0.4, 0.5) is 0 Å². The van der Waals surface area contributed by atoms with E-state index in [-0.39, 0.29) is 6.61 Å². The summed E-state index contributed by atoms with van der Waals surface area (Å²) in [5, 5.41) is 8.50. The van der Waals surface area contributed by atoms with Crippen LogP contribution in [-0.2, 0) is 14.3 Å². The van der Waals surface area contributed by atoms with Gasteiger partial charge < -0.3 is 9.84 Å². The van der Waals surface area contributed by atoms with Crippen molar-refractivity contribution in [3.8, 4) is 0 Å². The number of aliphatic carboxylic acids is 1. The standard InChI is InChI=1S/C23H36O4/c1-17(11-12-20-19(3)10-7-14-23(20,4)5)8-6-9-18(2)13-15-27-22(26)16-21(24)25/h8,13,20H,3,6-7,9-12,14-16H2,1-2,4-5H3,(H,24,25). The zero-order valence-corrected chi connectivity index (χ0v) is 17.5. The van der Waals surface area contributed by atoms with Crippen molar-refractivity contribution in [2.24, 2.45) is 11.3 Å². The first-order valence-corrected chi connectivity index (χ1v) is 9.98. The lowest BCUT2D eigenvalue weighted by molar-refractivity contribution is -0.150. The minimum atomic E-state index is -1.17. The lowest BCUT2D eigenvalue weighted by Gasteiger charge is -2.40. The lowest BCUT2D eigenvalue weighted by Crippen LogP contribution is -2.29. The second kappa shape index (κ2) is 11.1. The largest absolute Gasteiger partial charge is 0.481 e. The zero-order valence-electron chi connectivity index (χ0n) is 17.5. The van der Waals surface area contributed by atoms with Gasteiger partial charge in [0.1, 0.15) is 13.0 Å². The van der Waals surface area contributed by atoms with Gasteiger partial charge in [0.05, 0.1) is 0 Å². The van der Waals surface area contributed by atoms with E-state index in [9.17, 15) is 9.59 Å². The number of hydrogen-bond donors (Lipinski definition) is 1. The fourth-order valence-electron chi connectivity index (χ4n) is 3.84. The molecule has 27 heavy (non-hydrogen) atoms. The molecule has 0 aliphatic heterocycles. The summed E-state index contributed by atoms with van der Waals surface area (Å²) < 4.78 is 4.87. The number of carboxylic acids is 1. The van der Waals surface area contributed by atoms with E-state index in [1.165, 1.54) is 36.8 Å². The van der Waals surface area contributed by atoms with Crippen LogP contribution in [-0.4, -0.2) is 23.7 Å². The first-order chi connectivity index (χ1) is 12.6. The van der Waals surface area contributed by atoms with Crippen LogP contribution >= 0.6 is 0 Å². The second-order valence-corrected chi connectivity index (χ2v) is 8.48. The fourth-order valence-corrected chi connectivity index (χ4v) is 3.84. The van der Waals surface area contributed by atoms with Gasteiger partial charge in [-0.2, -0.15) is 0 Å². The normalized spacial score (nSPS) is 20.4. The van der Waals surface area contributed by atoms with Gasteiger partial charge >= 0.3 is 11.9 Å². The summed E-state index contributed by atoms with van der Waals surface area (Å²) in [4.78, 5) is 21.6. The molecule has 1 N–H and O–H groups in total. The Hall–Kier alpha value is -1.84. The van der Waals surface area contributed by atoms with Crippen molar-refractivity contribution in [1.29, 1.82) is 0 Å². The number of ether oxygens (including phenoxy) is 1. The Kier molecular flexibility index (Phi) is 9.54. The van der Waals surface area contributed by atoms with E-state index in [1.54, 1.807) is 0 Å². The molecule has 0 radical (unpaired) electrons. The topological polar surface area (TPSA) is 63.6 Å². The molecule has 1 atom stereocenters. The van der Waals surface area contributed by atoms with Crippen LogP contribution in [0.2, 0.25) is 0 Å². The SMILES string of the molecule is C=C1CCCC(C)(C)C1CCC(C)=CCCC(C)=CCOC(=O)CC(=O)O. The Morgan fingerprint density at radius 3 is 2.52 bits per heavy atom. The molecule has 1 unspecified atom stereocenters. The van der Waals surface area contributed by atoms with Gasteiger partial charge in [-0.25, -0.2) is 0 Å². The van der Waals surface area contributed by atoms with E-state index >= 15 is 0 Å². The Balaban J connectivity index is 2.33. The molecule has 0 aromatic carbocycles. The maximum Gasteiger partial charge on any atom is 0.317 e. The van der Waals surface area contributed by atoms with Gasteiger partial charge in [0.15, 0.2) is 0 Å². The van der Waals surface area contributed by atoms with Crippen molar-refractivity contribution in [2.45, 2.75) is 79.1 Å². The first-order valence-electron chi connectivity index (χ1n) is 9.98. The minimum Gasteiger partial charge on any atom is -0.481 e. The summed E-state index contributed by atoms with van der Waals surface area (Å²) in [5.74, 6) is -1.24. The van der Waals surface area contributed by atoms with Crippen molar-refractivity contribution in [2.75, 3.05) is 6.61 Å². The molecule has 0 spiro atoms. The molecule has 0 aromatic heterocycles. The number of rotatable bonds is 10. The number of allylic oxidation sites excluding steroid dienone is 4. The van der Waals surface area contributed by atoms with Gasteiger partial charge in [-0.05, 0) is 76.2 Å². The Bertz CT molecular complexity index is 595. The van der Waals surface area contributed by atoms with E-state index < -0.39 is 18.4 Å². The van der Waals surface area contributed by atoms with E-state index in [1.807, 2.05) is 13.0 Å². The maximum atomic E-state index is 11.2. The molecule has 0 heterocycles. The average molecular weight is 377 g/mol. The number of carboxylic acid groups (broad SMARTS) is 1. The van der Waals surface area contributed by atoms with E-state index in [0.717, 1.165) is 24.8 Å². The van der Waals surface area contributed by atoms with Crippen molar-refractivity contribution in [3.05, 3.63) is 35.5 Å². The molecule has 152 valence electrons. The Labute approximate surface area is 164 Å². The van der Waals surface area contributed by atoms with Crippen LogP contribution in [0.5, 0.6) is 0 Å². The summed E-state index contributed by atoms with van der Waals surface area (Å²) in [7, 11) is 0. The van der Waals surface area contributed by atoms with Gasteiger partial charge in [0.2, 0.25) is 0 Å². The maximum absolute atomic E-state index is 11.2. The third kappa shape index (κ3) is 9.07. The average Bonchev–Trinajstić information content (AvgIpc) is 2.53. The minimum absolute atomic E-state index is 0.138. The molecule has 4 heteroatoms. The summed E-state index contributed by atoms with van der Waals surface area (Å²) in [6.45, 7) is 13.4. The number of carbonyl (C=O) groups is 2. The molecule has 1 saturated carbocycles. The van der Waals surface area contributed by atoms with Gasteiger partial charge in [-0.1, -0.05) is 43.2 Å². The van der Waals surface area contributed by atoms with Crippen molar-refractivity contribution in [1.82, 2.24) is 0 Å². The predicted molar refractivity (Wildman–Crippen MR) is 109 cm³/mol.